The van der Waals surface area contributed by atoms with Gasteiger partial charge in [0.2, 0.25) is 0 Å². The van der Waals surface area contributed by atoms with E-state index in [1.807, 2.05) is 0 Å². The summed E-state index contributed by atoms with van der Waals surface area (Å²) in [4.78, 5) is 12.1. The molecule has 3 aromatic rings. The molecule has 1 aromatic heterocycles. The van der Waals surface area contributed by atoms with Crippen molar-refractivity contribution in [3.63, 3.8) is 0 Å². The summed E-state index contributed by atoms with van der Waals surface area (Å²) in [6.07, 6.45) is 0. The first-order valence-electron chi connectivity index (χ1n) is 6.04. The lowest BCUT2D eigenvalue weighted by Crippen LogP contribution is -2.11. The molecule has 2 N–H and O–H groups in total. The van der Waals surface area contributed by atoms with Gasteiger partial charge in [-0.2, -0.15) is 0 Å². The number of aryl methyl sites for hydroxylation is 1. The van der Waals surface area contributed by atoms with E-state index in [0.29, 0.717) is 16.8 Å². The van der Waals surface area contributed by atoms with E-state index in [2.05, 4.69) is 15.6 Å². The van der Waals surface area contributed by atoms with E-state index in [1.165, 1.54) is 6.07 Å². The molecule has 0 radical (unpaired) electrons. The lowest BCUT2D eigenvalue weighted by molar-refractivity contribution is 0.102. The SMILES string of the molecule is Cn1nnc2cc(C(=O)Nc3ccccc3O)ccc21. The molecule has 2 aromatic carbocycles. The van der Waals surface area contributed by atoms with Crippen molar-refractivity contribution < 1.29 is 9.90 Å². The predicted molar refractivity (Wildman–Crippen MR) is 74.6 cm³/mol. The van der Waals surface area contributed by atoms with Gasteiger partial charge in [0, 0.05) is 12.6 Å². The number of amides is 1. The highest BCUT2D eigenvalue weighted by molar-refractivity contribution is 6.06. The maximum Gasteiger partial charge on any atom is 0.255 e. The number of phenolic OH excluding ortho intramolecular Hbond substituents is 1. The fourth-order valence-electron chi connectivity index (χ4n) is 1.96. The Bertz CT molecular complexity index is 795. The lowest BCUT2D eigenvalue weighted by Gasteiger charge is -2.06. The van der Waals surface area contributed by atoms with Crippen molar-refractivity contribution in [3.05, 3.63) is 48.0 Å². The van der Waals surface area contributed by atoms with E-state index in [0.717, 1.165) is 5.52 Å². The van der Waals surface area contributed by atoms with Crippen LogP contribution in [0.3, 0.4) is 0 Å². The molecule has 0 unspecified atom stereocenters. The normalized spacial score (nSPS) is 10.7. The Kier molecular flexibility index (Phi) is 2.83. The average molecular weight is 268 g/mol. The third-order valence-electron chi connectivity index (χ3n) is 3.03. The Morgan fingerprint density at radius 2 is 2.05 bits per heavy atom. The summed E-state index contributed by atoms with van der Waals surface area (Å²) in [6.45, 7) is 0. The van der Waals surface area contributed by atoms with Crippen LogP contribution in [0, 0.1) is 0 Å². The van der Waals surface area contributed by atoms with Crippen LogP contribution in [0.25, 0.3) is 11.0 Å². The number of aromatic hydroxyl groups is 1. The summed E-state index contributed by atoms with van der Waals surface area (Å²) < 4.78 is 1.64. The minimum Gasteiger partial charge on any atom is -0.506 e. The number of aromatic nitrogens is 3. The largest absolute Gasteiger partial charge is 0.506 e. The van der Waals surface area contributed by atoms with E-state index < -0.39 is 0 Å². The number of anilines is 1. The number of rotatable bonds is 2. The van der Waals surface area contributed by atoms with Gasteiger partial charge in [0.15, 0.2) is 0 Å². The van der Waals surface area contributed by atoms with E-state index in [9.17, 15) is 9.90 Å². The first kappa shape index (κ1) is 12.2. The van der Waals surface area contributed by atoms with E-state index >= 15 is 0 Å². The van der Waals surface area contributed by atoms with E-state index in [1.54, 1.807) is 48.1 Å². The van der Waals surface area contributed by atoms with Gasteiger partial charge in [-0.25, -0.2) is 4.68 Å². The Morgan fingerprint density at radius 1 is 1.25 bits per heavy atom. The fourth-order valence-corrected chi connectivity index (χ4v) is 1.96. The quantitative estimate of drug-likeness (QED) is 0.696. The third kappa shape index (κ3) is 2.07. The monoisotopic (exact) mass is 268 g/mol. The molecule has 0 aliphatic rings. The molecule has 0 saturated carbocycles. The molecule has 0 spiro atoms. The van der Waals surface area contributed by atoms with Gasteiger partial charge < -0.3 is 10.4 Å². The zero-order valence-corrected chi connectivity index (χ0v) is 10.7. The predicted octanol–water partition coefficient (Wildman–Crippen LogP) is 1.93. The Labute approximate surface area is 114 Å². The molecule has 3 rings (SSSR count). The van der Waals surface area contributed by atoms with Crippen molar-refractivity contribution >= 4 is 22.6 Å². The summed E-state index contributed by atoms with van der Waals surface area (Å²) >= 11 is 0. The number of carbonyl (C=O) groups excluding carboxylic acids is 1. The van der Waals surface area contributed by atoms with Crippen LogP contribution in [0.4, 0.5) is 5.69 Å². The summed E-state index contributed by atoms with van der Waals surface area (Å²) in [5.74, 6) is -0.277. The van der Waals surface area contributed by atoms with Gasteiger partial charge >= 0.3 is 0 Å². The number of hydrogen-bond acceptors (Lipinski definition) is 4. The molecule has 0 bridgehead atoms. The molecular formula is C14H12N4O2. The van der Waals surface area contributed by atoms with Crippen molar-refractivity contribution in [3.8, 4) is 5.75 Å². The zero-order valence-electron chi connectivity index (χ0n) is 10.7. The molecular weight excluding hydrogens is 256 g/mol. The Morgan fingerprint density at radius 3 is 2.85 bits per heavy atom. The van der Waals surface area contributed by atoms with Gasteiger partial charge in [-0.15, -0.1) is 5.10 Å². The number of nitrogens with one attached hydrogen (secondary N) is 1. The zero-order chi connectivity index (χ0) is 14.1. The lowest BCUT2D eigenvalue weighted by atomic mass is 10.2. The molecule has 0 aliphatic carbocycles. The highest BCUT2D eigenvalue weighted by Gasteiger charge is 2.10. The van der Waals surface area contributed by atoms with Crippen molar-refractivity contribution in [2.45, 2.75) is 0 Å². The van der Waals surface area contributed by atoms with E-state index in [-0.39, 0.29) is 11.7 Å². The summed E-state index contributed by atoms with van der Waals surface area (Å²) in [5.41, 5.74) is 2.33. The molecule has 0 aliphatic heterocycles. The van der Waals surface area contributed by atoms with Crippen LogP contribution in [0.2, 0.25) is 0 Å². The smallest absolute Gasteiger partial charge is 0.255 e. The summed E-state index contributed by atoms with van der Waals surface area (Å²) in [7, 11) is 1.79. The number of nitrogens with zero attached hydrogens (tertiary/aromatic N) is 3. The van der Waals surface area contributed by atoms with Crippen molar-refractivity contribution in [2.75, 3.05) is 5.32 Å². The van der Waals surface area contributed by atoms with Gasteiger partial charge in [-0.3, -0.25) is 4.79 Å². The molecule has 20 heavy (non-hydrogen) atoms. The maximum absolute atomic E-state index is 12.1. The highest BCUT2D eigenvalue weighted by atomic mass is 16.3. The standard InChI is InChI=1S/C14H12N4O2/c1-18-12-7-6-9(8-11(12)16-17-18)14(20)15-10-4-2-3-5-13(10)19/h2-8,19H,1H3,(H,15,20). The Hall–Kier alpha value is -2.89. The number of benzene rings is 2. The average Bonchev–Trinajstić information content (AvgIpc) is 2.82. The minimum atomic E-state index is -0.306. The minimum absolute atomic E-state index is 0.0291. The Balaban J connectivity index is 1.91. The van der Waals surface area contributed by atoms with Crippen LogP contribution < -0.4 is 5.32 Å². The van der Waals surface area contributed by atoms with Gasteiger partial charge in [-0.05, 0) is 30.3 Å². The molecule has 0 atom stereocenters. The number of para-hydroxylation sites is 2. The van der Waals surface area contributed by atoms with Crippen LogP contribution in [0.5, 0.6) is 5.75 Å². The van der Waals surface area contributed by atoms with Crippen LogP contribution in [-0.2, 0) is 7.05 Å². The molecule has 0 fully saturated rings. The second kappa shape index (κ2) is 4.65. The fraction of sp³-hybridized carbons (Fsp3) is 0.0714. The summed E-state index contributed by atoms with van der Waals surface area (Å²) in [6, 6.07) is 11.7. The maximum atomic E-state index is 12.1. The molecule has 100 valence electrons. The van der Waals surface area contributed by atoms with E-state index in [4.69, 9.17) is 0 Å². The molecule has 1 amide bonds. The topological polar surface area (TPSA) is 80.0 Å². The van der Waals surface area contributed by atoms with Gasteiger partial charge in [0.1, 0.15) is 11.3 Å². The number of carbonyl (C=O) groups is 1. The van der Waals surface area contributed by atoms with Crippen molar-refractivity contribution in [2.24, 2.45) is 7.05 Å². The van der Waals surface area contributed by atoms with Crippen molar-refractivity contribution in [1.29, 1.82) is 0 Å². The number of hydrogen-bond donors (Lipinski definition) is 2. The van der Waals surface area contributed by atoms with Crippen LogP contribution in [0.1, 0.15) is 10.4 Å². The number of phenols is 1. The van der Waals surface area contributed by atoms with Gasteiger partial charge in [0.05, 0.1) is 11.2 Å². The molecule has 0 saturated heterocycles. The van der Waals surface area contributed by atoms with Crippen LogP contribution in [0.15, 0.2) is 42.5 Å². The number of fused-ring (bicyclic) bond motifs is 1. The van der Waals surface area contributed by atoms with Crippen molar-refractivity contribution in [1.82, 2.24) is 15.0 Å². The molecule has 6 heteroatoms. The highest BCUT2D eigenvalue weighted by Crippen LogP contribution is 2.22. The second-order valence-corrected chi connectivity index (χ2v) is 4.39. The second-order valence-electron chi connectivity index (χ2n) is 4.39. The van der Waals surface area contributed by atoms with Gasteiger partial charge in [0.25, 0.3) is 5.91 Å². The van der Waals surface area contributed by atoms with Crippen LogP contribution >= 0.6 is 0 Å². The third-order valence-corrected chi connectivity index (χ3v) is 3.03. The molecule has 1 heterocycles. The first-order valence-corrected chi connectivity index (χ1v) is 6.04. The molecule has 6 nitrogen and oxygen atoms in total. The van der Waals surface area contributed by atoms with Gasteiger partial charge in [-0.1, -0.05) is 17.3 Å². The summed E-state index contributed by atoms with van der Waals surface area (Å²) in [5, 5.41) is 20.2. The van der Waals surface area contributed by atoms with Crippen LogP contribution in [-0.4, -0.2) is 26.0 Å². The first-order chi connectivity index (χ1) is 9.65.